The molecule has 5 rings (SSSR count). The summed E-state index contributed by atoms with van der Waals surface area (Å²) in [6.45, 7) is 7.39. The molecule has 0 spiro atoms. The van der Waals surface area contributed by atoms with Gasteiger partial charge in [0, 0.05) is 55.5 Å². The highest BCUT2D eigenvalue weighted by Gasteiger charge is 2.14. The van der Waals surface area contributed by atoms with E-state index >= 15 is 0 Å². The second-order valence-corrected chi connectivity index (χ2v) is 9.59. The standard InChI is InChI=1S/C29H33N7O/c1-21(23-6-4-3-5-7-23)32-28-26-18-25(12-13-27(26)30-20-31-28)34-29(37)33-24-10-8-22(9-11-24)19-36-16-14-35(2)15-17-36/h3-13,18,20-21H,14-17,19H2,1-2H3,(H,30,31,32)(H2,33,34,37)/t21-/m1/s1. The Balaban J connectivity index is 1.21. The maximum absolute atomic E-state index is 12.7. The molecule has 3 aromatic carbocycles. The quantitative estimate of drug-likeness (QED) is 0.327. The summed E-state index contributed by atoms with van der Waals surface area (Å²) in [6.07, 6.45) is 1.55. The Labute approximate surface area is 217 Å². The van der Waals surface area contributed by atoms with E-state index < -0.39 is 0 Å². The zero-order chi connectivity index (χ0) is 25.6. The highest BCUT2D eigenvalue weighted by Crippen LogP contribution is 2.26. The van der Waals surface area contributed by atoms with Gasteiger partial charge in [-0.3, -0.25) is 4.90 Å². The van der Waals surface area contributed by atoms with Crippen LogP contribution in [0.1, 0.15) is 24.1 Å². The molecular formula is C29H33N7O. The molecule has 4 aromatic rings. The van der Waals surface area contributed by atoms with Crippen LogP contribution in [0, 0.1) is 0 Å². The summed E-state index contributed by atoms with van der Waals surface area (Å²) in [6, 6.07) is 23.7. The van der Waals surface area contributed by atoms with Crippen molar-refractivity contribution in [1.82, 2.24) is 19.8 Å². The van der Waals surface area contributed by atoms with Gasteiger partial charge in [-0.2, -0.15) is 0 Å². The lowest BCUT2D eigenvalue weighted by atomic mass is 10.1. The minimum absolute atomic E-state index is 0.0680. The fourth-order valence-electron chi connectivity index (χ4n) is 4.53. The average molecular weight is 496 g/mol. The van der Waals surface area contributed by atoms with Crippen LogP contribution in [-0.2, 0) is 6.54 Å². The molecule has 2 heterocycles. The van der Waals surface area contributed by atoms with E-state index in [1.54, 1.807) is 6.33 Å². The number of nitrogens with one attached hydrogen (secondary N) is 3. The summed E-state index contributed by atoms with van der Waals surface area (Å²) in [5.74, 6) is 0.723. The van der Waals surface area contributed by atoms with Crippen molar-refractivity contribution in [2.24, 2.45) is 0 Å². The minimum atomic E-state index is -0.296. The number of amides is 2. The molecule has 0 bridgehead atoms. The number of likely N-dealkylation sites (N-methyl/N-ethyl adjacent to an activating group) is 1. The number of nitrogens with zero attached hydrogens (tertiary/aromatic N) is 4. The number of rotatable bonds is 7. The summed E-state index contributed by atoms with van der Waals surface area (Å²) in [5, 5.41) is 10.2. The highest BCUT2D eigenvalue weighted by molar-refractivity contribution is 6.02. The van der Waals surface area contributed by atoms with Crippen LogP contribution in [-0.4, -0.2) is 59.0 Å². The number of anilines is 3. The van der Waals surface area contributed by atoms with Crippen molar-refractivity contribution >= 4 is 34.1 Å². The number of carbonyl (C=O) groups excluding carboxylic acids is 1. The third-order valence-corrected chi connectivity index (χ3v) is 6.76. The van der Waals surface area contributed by atoms with Crippen molar-refractivity contribution in [3.63, 3.8) is 0 Å². The monoisotopic (exact) mass is 495 g/mol. The van der Waals surface area contributed by atoms with E-state index in [0.29, 0.717) is 5.69 Å². The van der Waals surface area contributed by atoms with E-state index in [1.807, 2.05) is 48.5 Å². The molecule has 2 amide bonds. The number of carbonyl (C=O) groups is 1. The predicted octanol–water partition coefficient (Wildman–Crippen LogP) is 5.19. The van der Waals surface area contributed by atoms with Gasteiger partial charge in [0.1, 0.15) is 12.1 Å². The first kappa shape index (κ1) is 24.7. The highest BCUT2D eigenvalue weighted by atomic mass is 16.2. The van der Waals surface area contributed by atoms with Crippen molar-refractivity contribution in [2.45, 2.75) is 19.5 Å². The summed E-state index contributed by atoms with van der Waals surface area (Å²) >= 11 is 0. The van der Waals surface area contributed by atoms with E-state index in [4.69, 9.17) is 0 Å². The Morgan fingerprint density at radius 1 is 0.892 bits per heavy atom. The topological polar surface area (TPSA) is 85.4 Å². The molecule has 1 atom stereocenters. The van der Waals surface area contributed by atoms with E-state index in [1.165, 1.54) is 5.56 Å². The Hall–Kier alpha value is -4.01. The van der Waals surface area contributed by atoms with Crippen molar-refractivity contribution in [3.05, 3.63) is 90.3 Å². The van der Waals surface area contributed by atoms with Crippen LogP contribution in [0.3, 0.4) is 0 Å². The van der Waals surface area contributed by atoms with E-state index in [0.717, 1.165) is 60.7 Å². The lowest BCUT2D eigenvalue weighted by Gasteiger charge is -2.32. The summed E-state index contributed by atoms with van der Waals surface area (Å²) in [7, 11) is 2.16. The smallest absolute Gasteiger partial charge is 0.323 e. The lowest BCUT2D eigenvalue weighted by molar-refractivity contribution is 0.148. The van der Waals surface area contributed by atoms with Crippen LogP contribution in [0.2, 0.25) is 0 Å². The Bertz CT molecular complexity index is 1340. The fraction of sp³-hybridized carbons (Fsp3) is 0.276. The molecular weight excluding hydrogens is 462 g/mol. The van der Waals surface area contributed by atoms with Crippen LogP contribution >= 0.6 is 0 Å². The Kier molecular flexibility index (Phi) is 7.58. The largest absolute Gasteiger partial charge is 0.363 e. The van der Waals surface area contributed by atoms with E-state index in [-0.39, 0.29) is 12.1 Å². The molecule has 1 fully saturated rings. The molecule has 8 heteroatoms. The van der Waals surface area contributed by atoms with Crippen LogP contribution in [0.25, 0.3) is 10.9 Å². The van der Waals surface area contributed by atoms with Gasteiger partial charge in [-0.25, -0.2) is 14.8 Å². The first-order valence-electron chi connectivity index (χ1n) is 12.7. The molecule has 0 unspecified atom stereocenters. The number of hydrogen-bond acceptors (Lipinski definition) is 6. The van der Waals surface area contributed by atoms with E-state index in [9.17, 15) is 4.79 Å². The van der Waals surface area contributed by atoms with Crippen molar-refractivity contribution < 1.29 is 4.79 Å². The minimum Gasteiger partial charge on any atom is -0.363 e. The number of piperazine rings is 1. The van der Waals surface area contributed by atoms with Crippen LogP contribution in [0.5, 0.6) is 0 Å². The predicted molar refractivity (Wildman–Crippen MR) is 150 cm³/mol. The van der Waals surface area contributed by atoms with Gasteiger partial charge in [-0.05, 0) is 55.4 Å². The zero-order valence-corrected chi connectivity index (χ0v) is 21.3. The molecule has 1 aromatic heterocycles. The van der Waals surface area contributed by atoms with Crippen molar-refractivity contribution in [2.75, 3.05) is 49.2 Å². The molecule has 0 saturated carbocycles. The molecule has 37 heavy (non-hydrogen) atoms. The van der Waals surface area contributed by atoms with Gasteiger partial charge in [-0.15, -0.1) is 0 Å². The molecule has 8 nitrogen and oxygen atoms in total. The first-order valence-corrected chi connectivity index (χ1v) is 12.7. The third kappa shape index (κ3) is 6.41. The van der Waals surface area contributed by atoms with Crippen LogP contribution in [0.4, 0.5) is 22.0 Å². The molecule has 0 radical (unpaired) electrons. The Morgan fingerprint density at radius 3 is 2.35 bits per heavy atom. The normalized spacial score (nSPS) is 15.3. The summed E-state index contributed by atoms with van der Waals surface area (Å²) in [5.41, 5.74) is 4.64. The van der Waals surface area contributed by atoms with Gasteiger partial charge in [0.05, 0.1) is 5.52 Å². The van der Waals surface area contributed by atoms with Gasteiger partial charge in [-0.1, -0.05) is 42.5 Å². The molecule has 190 valence electrons. The lowest BCUT2D eigenvalue weighted by Crippen LogP contribution is -2.43. The maximum Gasteiger partial charge on any atom is 0.323 e. The number of fused-ring (bicyclic) bond motifs is 1. The fourth-order valence-corrected chi connectivity index (χ4v) is 4.53. The molecule has 1 aliphatic heterocycles. The van der Waals surface area contributed by atoms with Gasteiger partial charge in [0.25, 0.3) is 0 Å². The molecule has 1 aliphatic rings. The number of benzene rings is 3. The molecule has 0 aliphatic carbocycles. The number of hydrogen-bond donors (Lipinski definition) is 3. The number of aromatic nitrogens is 2. The van der Waals surface area contributed by atoms with E-state index in [2.05, 4.69) is 74.0 Å². The molecule has 1 saturated heterocycles. The second-order valence-electron chi connectivity index (χ2n) is 9.59. The van der Waals surface area contributed by atoms with Crippen LogP contribution in [0.15, 0.2) is 79.1 Å². The second kappa shape index (κ2) is 11.4. The third-order valence-electron chi connectivity index (χ3n) is 6.76. The van der Waals surface area contributed by atoms with Gasteiger partial charge in [0.2, 0.25) is 0 Å². The van der Waals surface area contributed by atoms with Crippen molar-refractivity contribution in [3.8, 4) is 0 Å². The van der Waals surface area contributed by atoms with Crippen LogP contribution < -0.4 is 16.0 Å². The SMILES string of the molecule is C[C@@H](Nc1ncnc2ccc(NC(=O)Nc3ccc(CN4CCN(C)CC4)cc3)cc12)c1ccccc1. The number of urea groups is 1. The van der Waals surface area contributed by atoms with Gasteiger partial charge >= 0.3 is 6.03 Å². The first-order chi connectivity index (χ1) is 18.0. The average Bonchev–Trinajstić information content (AvgIpc) is 2.92. The van der Waals surface area contributed by atoms with Gasteiger partial charge in [0.15, 0.2) is 0 Å². The summed E-state index contributed by atoms with van der Waals surface area (Å²) < 4.78 is 0. The maximum atomic E-state index is 12.7. The van der Waals surface area contributed by atoms with Crippen molar-refractivity contribution in [1.29, 1.82) is 0 Å². The Morgan fingerprint density at radius 2 is 1.59 bits per heavy atom. The van der Waals surface area contributed by atoms with Gasteiger partial charge < -0.3 is 20.9 Å². The summed E-state index contributed by atoms with van der Waals surface area (Å²) in [4.78, 5) is 26.4. The molecule has 3 N–H and O–H groups in total. The zero-order valence-electron chi connectivity index (χ0n) is 21.3.